The average molecular weight is 446 g/mol. The highest BCUT2D eigenvalue weighted by molar-refractivity contribution is 6.02. The van der Waals surface area contributed by atoms with Crippen molar-refractivity contribution in [2.24, 2.45) is 7.05 Å². The molecule has 2 aromatic carbocycles. The third-order valence-electron chi connectivity index (χ3n) is 6.44. The quantitative estimate of drug-likeness (QED) is 0.629. The van der Waals surface area contributed by atoms with Gasteiger partial charge in [0.05, 0.1) is 11.6 Å². The summed E-state index contributed by atoms with van der Waals surface area (Å²) in [6, 6.07) is 3.71. The predicted octanol–water partition coefficient (Wildman–Crippen LogP) is 3.69. The van der Waals surface area contributed by atoms with Gasteiger partial charge < -0.3 is 15.2 Å². The first-order valence-corrected chi connectivity index (χ1v) is 10.8. The van der Waals surface area contributed by atoms with Crippen LogP contribution in [0.15, 0.2) is 24.4 Å². The molecule has 0 amide bonds. The fourth-order valence-electron chi connectivity index (χ4n) is 5.00. The zero-order valence-corrected chi connectivity index (χ0v) is 18.0. The van der Waals surface area contributed by atoms with Gasteiger partial charge in [0.25, 0.3) is 0 Å². The zero-order chi connectivity index (χ0) is 22.6. The van der Waals surface area contributed by atoms with Crippen molar-refractivity contribution < 1.29 is 23.0 Å². The molecule has 6 nitrogen and oxygen atoms in total. The van der Waals surface area contributed by atoms with E-state index in [1.165, 1.54) is 12.1 Å². The Labute approximate surface area is 183 Å². The minimum atomic E-state index is -4.62. The number of phenolic OH excluding ortho intramolecular Hbond substituents is 1. The van der Waals surface area contributed by atoms with E-state index in [0.29, 0.717) is 47.4 Å². The Hall–Kier alpha value is -2.78. The Morgan fingerprint density at radius 1 is 1.28 bits per heavy atom. The summed E-state index contributed by atoms with van der Waals surface area (Å²) >= 11 is 0. The van der Waals surface area contributed by atoms with Gasteiger partial charge in [-0.05, 0) is 18.6 Å². The number of ether oxygens (including phenoxy) is 1. The normalized spacial score (nSPS) is 19.3. The predicted molar refractivity (Wildman–Crippen MR) is 115 cm³/mol. The van der Waals surface area contributed by atoms with E-state index in [0.717, 1.165) is 31.3 Å². The topological polar surface area (TPSA) is 62.5 Å². The second kappa shape index (κ2) is 7.67. The molecule has 170 valence electrons. The molecule has 0 bridgehead atoms. The van der Waals surface area contributed by atoms with Crippen LogP contribution >= 0.6 is 0 Å². The van der Waals surface area contributed by atoms with Crippen LogP contribution in [0.2, 0.25) is 0 Å². The first-order chi connectivity index (χ1) is 15.3. The van der Waals surface area contributed by atoms with Gasteiger partial charge in [-0.15, -0.1) is 0 Å². The minimum Gasteiger partial charge on any atom is -0.507 e. The van der Waals surface area contributed by atoms with E-state index < -0.39 is 17.5 Å². The largest absolute Gasteiger partial charge is 0.507 e. The van der Waals surface area contributed by atoms with Crippen molar-refractivity contribution >= 4 is 10.9 Å². The first-order valence-electron chi connectivity index (χ1n) is 10.8. The lowest BCUT2D eigenvalue weighted by Crippen LogP contribution is -2.52. The Morgan fingerprint density at radius 3 is 2.84 bits per heavy atom. The highest BCUT2D eigenvalue weighted by Gasteiger charge is 2.38. The van der Waals surface area contributed by atoms with Crippen molar-refractivity contribution in [2.45, 2.75) is 32.1 Å². The van der Waals surface area contributed by atoms with Crippen LogP contribution in [0.1, 0.15) is 23.6 Å². The summed E-state index contributed by atoms with van der Waals surface area (Å²) in [5, 5.41) is 19.2. The molecule has 0 spiro atoms. The number of nitrogens with zero attached hydrogens (tertiary/aromatic N) is 3. The first kappa shape index (κ1) is 21.1. The molecule has 2 N–H and O–H groups in total. The highest BCUT2D eigenvalue weighted by Crippen LogP contribution is 2.49. The van der Waals surface area contributed by atoms with Gasteiger partial charge in [-0.3, -0.25) is 9.58 Å². The van der Waals surface area contributed by atoms with Gasteiger partial charge in [0.2, 0.25) is 0 Å². The van der Waals surface area contributed by atoms with Gasteiger partial charge in [-0.2, -0.15) is 18.3 Å². The van der Waals surface area contributed by atoms with E-state index in [1.54, 1.807) is 17.9 Å². The van der Waals surface area contributed by atoms with Gasteiger partial charge in [0.1, 0.15) is 23.6 Å². The lowest BCUT2D eigenvalue weighted by molar-refractivity contribution is -0.137. The molecule has 1 aromatic heterocycles. The molecule has 9 heteroatoms. The highest BCUT2D eigenvalue weighted by atomic mass is 19.4. The van der Waals surface area contributed by atoms with Crippen LogP contribution in [0, 0.1) is 0 Å². The second-order valence-corrected chi connectivity index (χ2v) is 8.42. The number of alkyl halides is 3. The van der Waals surface area contributed by atoms with E-state index in [4.69, 9.17) is 4.74 Å². The van der Waals surface area contributed by atoms with Crippen LogP contribution in [0.3, 0.4) is 0 Å². The third-order valence-corrected chi connectivity index (χ3v) is 6.44. The molecule has 0 saturated carbocycles. The number of rotatable bonds is 2. The monoisotopic (exact) mass is 446 g/mol. The molecule has 5 rings (SSSR count). The summed E-state index contributed by atoms with van der Waals surface area (Å²) in [7, 11) is 1.75. The number of aryl methyl sites for hydroxylation is 1. The summed E-state index contributed by atoms with van der Waals surface area (Å²) in [6.07, 6.45) is -2.43. The van der Waals surface area contributed by atoms with Crippen molar-refractivity contribution in [1.29, 1.82) is 0 Å². The molecule has 0 aliphatic carbocycles. The number of hydrogen-bond donors (Lipinski definition) is 2. The molecule has 1 fully saturated rings. The van der Waals surface area contributed by atoms with Crippen LogP contribution in [-0.2, 0) is 26.2 Å². The molecular weight excluding hydrogens is 421 g/mol. The summed E-state index contributed by atoms with van der Waals surface area (Å²) in [6.45, 7) is 5.50. The van der Waals surface area contributed by atoms with E-state index >= 15 is 0 Å². The average Bonchev–Trinajstić information content (AvgIpc) is 3.03. The number of hydrogen-bond acceptors (Lipinski definition) is 5. The number of aromatic hydroxyl groups is 1. The molecule has 1 atom stereocenters. The molecule has 2 aliphatic heterocycles. The van der Waals surface area contributed by atoms with Crippen molar-refractivity contribution in [1.82, 2.24) is 20.0 Å². The summed E-state index contributed by atoms with van der Waals surface area (Å²) in [4.78, 5) is 2.34. The number of benzene rings is 2. The van der Waals surface area contributed by atoms with Crippen LogP contribution in [-0.4, -0.2) is 52.1 Å². The standard InChI is InChI=1S/C23H25F3N4O2/c1-3-14-19(20-17(23(24,25)26)5-4-6-18(20)31)15-10-29(2)28-21(15)16-11-30-8-7-27-9-13(30)12-32-22(14)16/h4-6,10,13,27,31H,3,7-9,11-12H2,1-2H3/t13-/m1/s1. The van der Waals surface area contributed by atoms with Crippen molar-refractivity contribution in [3.05, 3.63) is 41.1 Å². The van der Waals surface area contributed by atoms with E-state index in [9.17, 15) is 18.3 Å². The minimum absolute atomic E-state index is 0.180. The SMILES string of the molecule is CCc1c2c(c3nn(C)cc3c1-c1c(O)cccc1C(F)(F)F)CN1CCNC[C@@H]1CO2. The number of halogens is 3. The number of aromatic nitrogens is 2. The molecule has 3 heterocycles. The van der Waals surface area contributed by atoms with Crippen molar-refractivity contribution in [2.75, 3.05) is 26.2 Å². The number of piperazine rings is 1. The molecule has 0 unspecified atom stereocenters. The Morgan fingerprint density at radius 2 is 2.09 bits per heavy atom. The van der Waals surface area contributed by atoms with Gasteiger partial charge in [0.15, 0.2) is 0 Å². The van der Waals surface area contributed by atoms with E-state index in [2.05, 4.69) is 15.3 Å². The maximum absolute atomic E-state index is 14.0. The molecule has 3 aromatic rings. The molecular formula is C23H25F3N4O2. The second-order valence-electron chi connectivity index (χ2n) is 8.42. The van der Waals surface area contributed by atoms with E-state index in [1.807, 2.05) is 6.92 Å². The summed E-state index contributed by atoms with van der Waals surface area (Å²) in [5.41, 5.74) is 1.44. The Kier molecular flexibility index (Phi) is 5.05. The van der Waals surface area contributed by atoms with Gasteiger partial charge in [-0.25, -0.2) is 0 Å². The van der Waals surface area contributed by atoms with Gasteiger partial charge >= 0.3 is 6.18 Å². The zero-order valence-electron chi connectivity index (χ0n) is 18.0. The summed E-state index contributed by atoms with van der Waals surface area (Å²) < 4.78 is 49.9. The smallest absolute Gasteiger partial charge is 0.417 e. The maximum Gasteiger partial charge on any atom is 0.417 e. The number of fused-ring (bicyclic) bond motifs is 4. The van der Waals surface area contributed by atoms with Gasteiger partial charge in [0, 0.05) is 67.1 Å². The third kappa shape index (κ3) is 3.31. The summed E-state index contributed by atoms with van der Waals surface area (Å²) in [5.74, 6) is 0.189. The molecule has 1 saturated heterocycles. The molecule has 32 heavy (non-hydrogen) atoms. The van der Waals surface area contributed by atoms with Crippen molar-refractivity contribution in [3.63, 3.8) is 0 Å². The van der Waals surface area contributed by atoms with Crippen LogP contribution in [0.5, 0.6) is 11.5 Å². The lowest BCUT2D eigenvalue weighted by atomic mass is 9.88. The number of nitrogens with one attached hydrogen (secondary N) is 1. The number of phenols is 1. The molecule has 2 aliphatic rings. The Bertz CT molecular complexity index is 1190. The fraction of sp³-hybridized carbons (Fsp3) is 0.435. The van der Waals surface area contributed by atoms with Gasteiger partial charge in [-0.1, -0.05) is 13.0 Å². The fourth-order valence-corrected chi connectivity index (χ4v) is 5.00. The van der Waals surface area contributed by atoms with Crippen LogP contribution in [0.4, 0.5) is 13.2 Å². The van der Waals surface area contributed by atoms with Crippen molar-refractivity contribution in [3.8, 4) is 22.6 Å². The lowest BCUT2D eigenvalue weighted by Gasteiger charge is -2.33. The molecule has 0 radical (unpaired) electrons. The van der Waals surface area contributed by atoms with Crippen LogP contribution < -0.4 is 10.1 Å². The van der Waals surface area contributed by atoms with Crippen LogP contribution in [0.25, 0.3) is 22.0 Å². The van der Waals surface area contributed by atoms with E-state index in [-0.39, 0.29) is 11.6 Å². The maximum atomic E-state index is 14.0. The Balaban J connectivity index is 1.84.